The number of nitrogens with zero attached hydrogens (tertiary/aromatic N) is 1. The number of hydrogen-bond donors (Lipinski definition) is 1. The second-order valence-electron chi connectivity index (χ2n) is 6.32. The summed E-state index contributed by atoms with van der Waals surface area (Å²) in [6.07, 6.45) is 2.92. The van der Waals surface area contributed by atoms with Crippen LogP contribution in [0.2, 0.25) is 5.02 Å². The Morgan fingerprint density at radius 2 is 1.88 bits per heavy atom. The SMILES string of the molecule is C[C@H](NC(=O)C1CCN(C(=O)c2ccc(Cl)cc2)CC1)c1ccco1. The Hall–Kier alpha value is -2.27. The summed E-state index contributed by atoms with van der Waals surface area (Å²) < 4.78 is 5.31. The summed E-state index contributed by atoms with van der Waals surface area (Å²) in [7, 11) is 0. The van der Waals surface area contributed by atoms with Crippen LogP contribution in [0.25, 0.3) is 0 Å². The highest BCUT2D eigenvalue weighted by Crippen LogP contribution is 2.21. The van der Waals surface area contributed by atoms with Gasteiger partial charge in [0.2, 0.25) is 5.91 Å². The molecule has 1 aliphatic rings. The maximum Gasteiger partial charge on any atom is 0.253 e. The zero-order valence-electron chi connectivity index (χ0n) is 14.1. The summed E-state index contributed by atoms with van der Waals surface area (Å²) in [6.45, 7) is 3.05. The molecule has 1 fully saturated rings. The number of piperidine rings is 1. The van der Waals surface area contributed by atoms with Crippen molar-refractivity contribution >= 4 is 23.4 Å². The number of amides is 2. The first-order valence-corrected chi connectivity index (χ1v) is 8.81. The van der Waals surface area contributed by atoms with E-state index < -0.39 is 0 Å². The molecule has 1 saturated heterocycles. The number of rotatable bonds is 4. The number of hydrogen-bond acceptors (Lipinski definition) is 3. The Morgan fingerprint density at radius 1 is 1.20 bits per heavy atom. The van der Waals surface area contributed by atoms with E-state index >= 15 is 0 Å². The van der Waals surface area contributed by atoms with E-state index in [0.29, 0.717) is 36.5 Å². The number of nitrogens with one attached hydrogen (secondary N) is 1. The van der Waals surface area contributed by atoms with Gasteiger partial charge in [-0.1, -0.05) is 11.6 Å². The number of carbonyl (C=O) groups excluding carboxylic acids is 2. The normalized spacial score (nSPS) is 16.5. The Labute approximate surface area is 151 Å². The van der Waals surface area contributed by atoms with E-state index in [-0.39, 0.29) is 23.8 Å². The van der Waals surface area contributed by atoms with E-state index in [0.717, 1.165) is 5.76 Å². The summed E-state index contributed by atoms with van der Waals surface area (Å²) in [5, 5.41) is 3.59. The summed E-state index contributed by atoms with van der Waals surface area (Å²) in [5.41, 5.74) is 0.624. The molecule has 5 nitrogen and oxygen atoms in total. The first-order valence-electron chi connectivity index (χ1n) is 8.43. The van der Waals surface area contributed by atoms with Crippen molar-refractivity contribution in [2.75, 3.05) is 13.1 Å². The second-order valence-corrected chi connectivity index (χ2v) is 6.76. The third-order valence-corrected chi connectivity index (χ3v) is 4.82. The molecule has 1 aromatic heterocycles. The highest BCUT2D eigenvalue weighted by Gasteiger charge is 2.28. The van der Waals surface area contributed by atoms with E-state index in [1.165, 1.54) is 0 Å². The largest absolute Gasteiger partial charge is 0.467 e. The molecule has 25 heavy (non-hydrogen) atoms. The van der Waals surface area contributed by atoms with Crippen molar-refractivity contribution in [3.63, 3.8) is 0 Å². The number of benzene rings is 1. The van der Waals surface area contributed by atoms with Crippen molar-refractivity contribution in [3.05, 3.63) is 59.0 Å². The van der Waals surface area contributed by atoms with Crippen LogP contribution in [-0.2, 0) is 4.79 Å². The van der Waals surface area contributed by atoms with Crippen LogP contribution < -0.4 is 5.32 Å². The average Bonchev–Trinajstić information content (AvgIpc) is 3.17. The van der Waals surface area contributed by atoms with Crippen LogP contribution in [0.5, 0.6) is 0 Å². The molecule has 3 rings (SSSR count). The zero-order valence-corrected chi connectivity index (χ0v) is 14.8. The minimum atomic E-state index is -0.156. The van der Waals surface area contributed by atoms with E-state index in [1.807, 2.05) is 13.0 Å². The summed E-state index contributed by atoms with van der Waals surface area (Å²) in [4.78, 5) is 26.7. The fourth-order valence-corrected chi connectivity index (χ4v) is 3.19. The molecule has 6 heteroatoms. The maximum absolute atomic E-state index is 12.5. The summed E-state index contributed by atoms with van der Waals surface area (Å²) in [6, 6.07) is 10.4. The second kappa shape index (κ2) is 7.74. The molecule has 0 spiro atoms. The van der Waals surface area contributed by atoms with Crippen molar-refractivity contribution in [1.82, 2.24) is 10.2 Å². The Bertz CT molecular complexity index is 720. The minimum absolute atomic E-state index is 0.0144. The molecule has 1 aromatic carbocycles. The van der Waals surface area contributed by atoms with E-state index in [1.54, 1.807) is 41.5 Å². The molecule has 1 N–H and O–H groups in total. The highest BCUT2D eigenvalue weighted by molar-refractivity contribution is 6.30. The Kier molecular flexibility index (Phi) is 5.43. The molecule has 0 aliphatic carbocycles. The van der Waals surface area contributed by atoms with Gasteiger partial charge in [-0.05, 0) is 56.2 Å². The van der Waals surface area contributed by atoms with Gasteiger partial charge in [0.1, 0.15) is 5.76 Å². The molecular formula is C19H21ClN2O3. The van der Waals surface area contributed by atoms with Crippen LogP contribution in [0.4, 0.5) is 0 Å². The van der Waals surface area contributed by atoms with Gasteiger partial charge in [-0.15, -0.1) is 0 Å². The lowest BCUT2D eigenvalue weighted by molar-refractivity contribution is -0.127. The minimum Gasteiger partial charge on any atom is -0.467 e. The molecule has 1 atom stereocenters. The van der Waals surface area contributed by atoms with E-state index in [2.05, 4.69) is 5.32 Å². The standard InChI is InChI=1S/C19H21ClN2O3/c1-13(17-3-2-12-25-17)21-18(23)14-8-10-22(11-9-14)19(24)15-4-6-16(20)7-5-15/h2-7,12-14H,8-11H2,1H3,(H,21,23)/t13-/m0/s1. The topological polar surface area (TPSA) is 62.6 Å². The number of likely N-dealkylation sites (tertiary alicyclic amines) is 1. The van der Waals surface area contributed by atoms with E-state index in [4.69, 9.17) is 16.0 Å². The van der Waals surface area contributed by atoms with Crippen LogP contribution in [0.1, 0.15) is 41.9 Å². The first kappa shape index (κ1) is 17.5. The predicted octanol–water partition coefficient (Wildman–Crippen LogP) is 3.66. The third kappa shape index (κ3) is 4.23. The molecule has 2 aromatic rings. The quantitative estimate of drug-likeness (QED) is 0.905. The van der Waals surface area contributed by atoms with Crippen LogP contribution in [-0.4, -0.2) is 29.8 Å². The van der Waals surface area contributed by atoms with Gasteiger partial charge in [0.05, 0.1) is 12.3 Å². The van der Waals surface area contributed by atoms with Gasteiger partial charge in [0, 0.05) is 29.6 Å². The summed E-state index contributed by atoms with van der Waals surface area (Å²) in [5.74, 6) is 0.664. The molecule has 0 bridgehead atoms. The van der Waals surface area contributed by atoms with Crippen LogP contribution in [0.15, 0.2) is 47.1 Å². The molecule has 2 amide bonds. The van der Waals surface area contributed by atoms with Crippen molar-refractivity contribution in [3.8, 4) is 0 Å². The van der Waals surface area contributed by atoms with Gasteiger partial charge in [0.15, 0.2) is 0 Å². The van der Waals surface area contributed by atoms with Crippen molar-refractivity contribution in [2.24, 2.45) is 5.92 Å². The van der Waals surface area contributed by atoms with Crippen molar-refractivity contribution < 1.29 is 14.0 Å². The smallest absolute Gasteiger partial charge is 0.253 e. The molecule has 0 unspecified atom stereocenters. The zero-order chi connectivity index (χ0) is 17.8. The molecule has 0 radical (unpaired) electrons. The molecule has 2 heterocycles. The van der Waals surface area contributed by atoms with Crippen LogP contribution in [0, 0.1) is 5.92 Å². The van der Waals surface area contributed by atoms with E-state index in [9.17, 15) is 9.59 Å². The van der Waals surface area contributed by atoms with Crippen LogP contribution in [0.3, 0.4) is 0 Å². The lowest BCUT2D eigenvalue weighted by Gasteiger charge is -2.32. The molecule has 0 saturated carbocycles. The van der Waals surface area contributed by atoms with Gasteiger partial charge in [-0.25, -0.2) is 0 Å². The van der Waals surface area contributed by atoms with Crippen molar-refractivity contribution in [1.29, 1.82) is 0 Å². The van der Waals surface area contributed by atoms with Crippen molar-refractivity contribution in [2.45, 2.75) is 25.8 Å². The van der Waals surface area contributed by atoms with Gasteiger partial charge in [0.25, 0.3) is 5.91 Å². The number of furan rings is 1. The lowest BCUT2D eigenvalue weighted by Crippen LogP contribution is -2.43. The predicted molar refractivity (Wildman–Crippen MR) is 95.3 cm³/mol. The molecular weight excluding hydrogens is 340 g/mol. The molecule has 132 valence electrons. The third-order valence-electron chi connectivity index (χ3n) is 4.57. The van der Waals surface area contributed by atoms with Crippen LogP contribution >= 0.6 is 11.6 Å². The maximum atomic E-state index is 12.5. The number of halogens is 1. The lowest BCUT2D eigenvalue weighted by atomic mass is 9.95. The number of carbonyl (C=O) groups is 2. The fraction of sp³-hybridized carbons (Fsp3) is 0.368. The van der Waals surface area contributed by atoms with Gasteiger partial charge < -0.3 is 14.6 Å². The fourth-order valence-electron chi connectivity index (χ4n) is 3.06. The van der Waals surface area contributed by atoms with Gasteiger partial charge in [-0.2, -0.15) is 0 Å². The first-order chi connectivity index (χ1) is 12.0. The Morgan fingerprint density at radius 3 is 2.48 bits per heavy atom. The monoisotopic (exact) mass is 360 g/mol. The summed E-state index contributed by atoms with van der Waals surface area (Å²) >= 11 is 5.86. The molecule has 1 aliphatic heterocycles. The van der Waals surface area contributed by atoms with Gasteiger partial charge >= 0.3 is 0 Å². The van der Waals surface area contributed by atoms with Gasteiger partial charge in [-0.3, -0.25) is 9.59 Å². The highest BCUT2D eigenvalue weighted by atomic mass is 35.5. The average molecular weight is 361 g/mol. The Balaban J connectivity index is 1.52.